The second kappa shape index (κ2) is 16.0. The lowest BCUT2D eigenvalue weighted by molar-refractivity contribution is -0.113. The van der Waals surface area contributed by atoms with Crippen molar-refractivity contribution in [3.63, 3.8) is 0 Å². The van der Waals surface area contributed by atoms with Crippen LogP contribution in [0.4, 0.5) is 5.69 Å². The van der Waals surface area contributed by atoms with Crippen LogP contribution in [-0.2, 0) is 24.1 Å². The van der Waals surface area contributed by atoms with Crippen molar-refractivity contribution in [2.75, 3.05) is 24.7 Å². The first-order valence-electron chi connectivity index (χ1n) is 15.3. The van der Waals surface area contributed by atoms with Gasteiger partial charge in [0.1, 0.15) is 5.75 Å². The Morgan fingerprint density at radius 3 is 2.30 bits per heavy atom. The molecular formula is C36H35Cl2N5O3S. The predicted molar refractivity (Wildman–Crippen MR) is 190 cm³/mol. The monoisotopic (exact) mass is 687 g/mol. The minimum atomic E-state index is -0.284. The molecule has 11 heteroatoms. The zero-order valence-electron chi connectivity index (χ0n) is 26.3. The van der Waals surface area contributed by atoms with Crippen molar-refractivity contribution in [1.29, 1.82) is 0 Å². The van der Waals surface area contributed by atoms with Gasteiger partial charge in [-0.15, -0.1) is 10.2 Å². The van der Waals surface area contributed by atoms with E-state index in [1.165, 1.54) is 11.8 Å². The average molecular weight is 689 g/mol. The Labute approximate surface area is 288 Å². The molecule has 1 heterocycles. The SMILES string of the molecule is CCc1cccc(CC)c1-n1c(SCC(=O)Nc2ccccc2C(=O)NCCc2ccc(OC)cc2)nnc1-c1ccc(Cl)cc1Cl. The molecule has 0 saturated carbocycles. The summed E-state index contributed by atoms with van der Waals surface area (Å²) in [6.45, 7) is 4.65. The molecule has 8 nitrogen and oxygen atoms in total. The van der Waals surface area contributed by atoms with Gasteiger partial charge in [-0.05, 0) is 78.4 Å². The number of nitrogens with one attached hydrogen (secondary N) is 2. The second-order valence-electron chi connectivity index (χ2n) is 10.6. The number of ether oxygens (including phenoxy) is 1. The molecule has 2 amide bonds. The Bertz CT molecular complexity index is 1860. The van der Waals surface area contributed by atoms with Gasteiger partial charge in [0.15, 0.2) is 11.0 Å². The highest BCUT2D eigenvalue weighted by Gasteiger charge is 2.23. The number of methoxy groups -OCH3 is 1. The lowest BCUT2D eigenvalue weighted by atomic mass is 10.0. The van der Waals surface area contributed by atoms with Gasteiger partial charge >= 0.3 is 0 Å². The Kier molecular flexibility index (Phi) is 11.6. The fraction of sp³-hybridized carbons (Fsp3) is 0.222. The van der Waals surface area contributed by atoms with Gasteiger partial charge in [-0.2, -0.15) is 0 Å². The van der Waals surface area contributed by atoms with Crippen LogP contribution in [0, 0.1) is 0 Å². The third-order valence-corrected chi connectivity index (χ3v) is 9.11. The molecule has 0 unspecified atom stereocenters. The molecular weight excluding hydrogens is 653 g/mol. The predicted octanol–water partition coefficient (Wildman–Crippen LogP) is 8.08. The van der Waals surface area contributed by atoms with Crippen molar-refractivity contribution in [1.82, 2.24) is 20.1 Å². The maximum atomic E-state index is 13.3. The molecule has 1 aromatic heterocycles. The Balaban J connectivity index is 1.34. The van der Waals surface area contributed by atoms with E-state index in [1.807, 2.05) is 41.0 Å². The van der Waals surface area contributed by atoms with Crippen LogP contribution in [0.25, 0.3) is 17.1 Å². The highest BCUT2D eigenvalue weighted by molar-refractivity contribution is 7.99. The van der Waals surface area contributed by atoms with Crippen molar-refractivity contribution in [3.8, 4) is 22.8 Å². The molecule has 0 spiro atoms. The zero-order chi connectivity index (χ0) is 33.3. The lowest BCUT2D eigenvalue weighted by Crippen LogP contribution is -2.27. The first-order valence-corrected chi connectivity index (χ1v) is 17.0. The Morgan fingerprint density at radius 2 is 1.62 bits per heavy atom. The fourth-order valence-electron chi connectivity index (χ4n) is 5.23. The molecule has 242 valence electrons. The maximum absolute atomic E-state index is 13.3. The largest absolute Gasteiger partial charge is 0.497 e. The standard InChI is InChI=1S/C36H35Cl2N5O3S/c1-4-24-9-8-10-25(5-2)33(24)43-34(28-18-15-26(37)21-30(28)38)41-42-36(43)47-22-32(44)40-31-12-7-6-11-29(31)35(45)39-20-19-23-13-16-27(46-3)17-14-23/h6-18,21H,4-5,19-20,22H2,1-3H3,(H,39,45)(H,40,44). The number of halogens is 2. The molecule has 0 aliphatic carbocycles. The molecule has 0 saturated heterocycles. The maximum Gasteiger partial charge on any atom is 0.253 e. The molecule has 4 aromatic carbocycles. The van der Waals surface area contributed by atoms with E-state index in [9.17, 15) is 9.59 Å². The van der Waals surface area contributed by atoms with Gasteiger partial charge in [-0.1, -0.05) is 91.3 Å². The summed E-state index contributed by atoms with van der Waals surface area (Å²) in [5.74, 6) is 0.823. The van der Waals surface area contributed by atoms with Crippen molar-refractivity contribution in [2.24, 2.45) is 0 Å². The van der Waals surface area contributed by atoms with Crippen molar-refractivity contribution < 1.29 is 14.3 Å². The Hall–Kier alpha value is -4.31. The number of hydrogen-bond donors (Lipinski definition) is 2. The van der Waals surface area contributed by atoms with Crippen LogP contribution in [-0.4, -0.2) is 46.0 Å². The molecule has 2 N–H and O–H groups in total. The zero-order valence-corrected chi connectivity index (χ0v) is 28.7. The summed E-state index contributed by atoms with van der Waals surface area (Å²) < 4.78 is 7.19. The third kappa shape index (κ3) is 8.16. The summed E-state index contributed by atoms with van der Waals surface area (Å²) in [7, 11) is 1.62. The number of amides is 2. The number of thioether (sulfide) groups is 1. The third-order valence-electron chi connectivity index (χ3n) is 7.63. The van der Waals surface area contributed by atoms with Gasteiger partial charge in [0.2, 0.25) is 5.91 Å². The molecule has 0 atom stereocenters. The first-order chi connectivity index (χ1) is 22.8. The summed E-state index contributed by atoms with van der Waals surface area (Å²) in [6, 6.07) is 26.2. The van der Waals surface area contributed by atoms with Crippen molar-refractivity contribution >= 4 is 52.5 Å². The van der Waals surface area contributed by atoms with Gasteiger partial charge < -0.3 is 15.4 Å². The summed E-state index contributed by atoms with van der Waals surface area (Å²) >= 11 is 14.1. The van der Waals surface area contributed by atoms with Crippen LogP contribution in [0.5, 0.6) is 5.75 Å². The lowest BCUT2D eigenvalue weighted by Gasteiger charge is -2.18. The van der Waals surface area contributed by atoms with Crippen LogP contribution in [0.15, 0.2) is 90.1 Å². The summed E-state index contributed by atoms with van der Waals surface area (Å²) in [5, 5.41) is 16.4. The minimum Gasteiger partial charge on any atom is -0.497 e. The van der Waals surface area contributed by atoms with Crippen LogP contribution in [0.3, 0.4) is 0 Å². The van der Waals surface area contributed by atoms with E-state index in [-0.39, 0.29) is 17.6 Å². The van der Waals surface area contributed by atoms with Gasteiger partial charge in [0.25, 0.3) is 5.91 Å². The number of benzene rings is 4. The van der Waals surface area contributed by atoms with Crippen molar-refractivity contribution in [3.05, 3.63) is 117 Å². The van der Waals surface area contributed by atoms with E-state index in [0.717, 1.165) is 41.0 Å². The smallest absolute Gasteiger partial charge is 0.253 e. The molecule has 47 heavy (non-hydrogen) atoms. The summed E-state index contributed by atoms with van der Waals surface area (Å²) in [6.07, 6.45) is 2.24. The summed E-state index contributed by atoms with van der Waals surface area (Å²) in [5.41, 5.74) is 5.78. The molecule has 0 aliphatic heterocycles. The van der Waals surface area contributed by atoms with E-state index >= 15 is 0 Å². The van der Waals surface area contributed by atoms with E-state index in [0.29, 0.717) is 50.8 Å². The molecule has 5 aromatic rings. The van der Waals surface area contributed by atoms with E-state index in [1.54, 1.807) is 43.5 Å². The van der Waals surface area contributed by atoms with Gasteiger partial charge in [0, 0.05) is 17.1 Å². The van der Waals surface area contributed by atoms with E-state index < -0.39 is 0 Å². The number of hydrogen-bond acceptors (Lipinski definition) is 6. The quantitative estimate of drug-likeness (QED) is 0.122. The van der Waals surface area contributed by atoms with Gasteiger partial charge in [-0.25, -0.2) is 0 Å². The van der Waals surface area contributed by atoms with Crippen molar-refractivity contribution in [2.45, 2.75) is 38.3 Å². The molecule has 5 rings (SSSR count). The fourth-order valence-corrected chi connectivity index (χ4v) is 6.46. The van der Waals surface area contributed by atoms with Crippen LogP contribution < -0.4 is 15.4 Å². The van der Waals surface area contributed by atoms with Gasteiger partial charge in [0.05, 0.1) is 34.8 Å². The van der Waals surface area contributed by atoms with Crippen LogP contribution in [0.1, 0.15) is 40.9 Å². The molecule has 0 bridgehead atoms. The van der Waals surface area contributed by atoms with E-state index in [2.05, 4.69) is 46.8 Å². The number of aromatic nitrogens is 3. The van der Waals surface area contributed by atoms with Crippen LogP contribution in [0.2, 0.25) is 10.0 Å². The second-order valence-corrected chi connectivity index (χ2v) is 12.4. The molecule has 0 aliphatic rings. The Morgan fingerprint density at radius 1 is 0.894 bits per heavy atom. The number of anilines is 1. The van der Waals surface area contributed by atoms with Gasteiger partial charge in [-0.3, -0.25) is 14.2 Å². The molecule has 0 radical (unpaired) electrons. The highest BCUT2D eigenvalue weighted by Crippen LogP contribution is 2.36. The number of carbonyl (C=O) groups is 2. The number of rotatable bonds is 13. The number of carbonyl (C=O) groups excluding carboxylic acids is 2. The number of aryl methyl sites for hydroxylation is 2. The average Bonchev–Trinajstić information content (AvgIpc) is 3.50. The van der Waals surface area contributed by atoms with Crippen LogP contribution >= 0.6 is 35.0 Å². The minimum absolute atomic E-state index is 0.0374. The normalized spacial score (nSPS) is 10.9. The topological polar surface area (TPSA) is 98.1 Å². The molecule has 0 fully saturated rings. The summed E-state index contributed by atoms with van der Waals surface area (Å²) in [4.78, 5) is 26.4. The highest BCUT2D eigenvalue weighted by atomic mass is 35.5. The van der Waals surface area contributed by atoms with E-state index in [4.69, 9.17) is 27.9 Å². The number of nitrogens with zero attached hydrogens (tertiary/aromatic N) is 3. The number of para-hydroxylation sites is 2. The first kappa shape index (κ1) is 34.0.